The Morgan fingerprint density at radius 1 is 1.03 bits per heavy atom. The Morgan fingerprint density at radius 3 is 2.39 bits per heavy atom. The lowest BCUT2D eigenvalue weighted by Crippen LogP contribution is -2.07. The molecule has 4 aromatic rings. The van der Waals surface area contributed by atoms with E-state index in [4.69, 9.17) is 19.8 Å². The zero-order valence-corrected chi connectivity index (χ0v) is 21.3. The van der Waals surface area contributed by atoms with Crippen LogP contribution in [0.4, 0.5) is 11.5 Å². The number of hydrogen-bond acceptors (Lipinski definition) is 6. The topological polar surface area (TPSA) is 84.3 Å². The molecular weight excluding hydrogens is 470 g/mol. The van der Waals surface area contributed by atoms with Crippen LogP contribution in [0.2, 0.25) is 0 Å². The van der Waals surface area contributed by atoms with Gasteiger partial charge in [-0.15, -0.1) is 17.9 Å². The highest BCUT2D eigenvalue weighted by molar-refractivity contribution is 7.18. The lowest BCUT2D eigenvalue weighted by atomic mass is 10.1. The average Bonchev–Trinajstić information content (AvgIpc) is 3.37. The minimum absolute atomic E-state index is 0.00526. The Morgan fingerprint density at radius 2 is 1.75 bits per heavy atom. The quantitative estimate of drug-likeness (QED) is 0.218. The van der Waals surface area contributed by atoms with E-state index in [2.05, 4.69) is 43.1 Å². The Labute approximate surface area is 215 Å². The maximum absolute atomic E-state index is 11.0. The molecule has 0 fully saturated rings. The Kier molecular flexibility index (Phi) is 8.13. The van der Waals surface area contributed by atoms with Crippen molar-refractivity contribution in [3.8, 4) is 26.9 Å². The molecule has 0 amide bonds. The largest absolute Gasteiger partial charge is 0.494 e. The van der Waals surface area contributed by atoms with Crippen LogP contribution in [0.5, 0.6) is 5.75 Å². The van der Waals surface area contributed by atoms with Gasteiger partial charge in [0.05, 0.1) is 17.9 Å². The molecule has 0 saturated carbocycles. The number of nitrogens with zero attached hydrogens (tertiary/aromatic N) is 2. The minimum Gasteiger partial charge on any atom is -0.494 e. The Hall–Kier alpha value is -3.97. The molecule has 0 atom stereocenters. The van der Waals surface area contributed by atoms with E-state index in [0.29, 0.717) is 18.9 Å². The number of aromatic nitrogens is 2. The molecule has 6 nitrogen and oxygen atoms in total. The van der Waals surface area contributed by atoms with Crippen LogP contribution >= 0.6 is 11.3 Å². The highest BCUT2D eigenvalue weighted by Gasteiger charge is 2.16. The molecule has 0 aliphatic heterocycles. The predicted molar refractivity (Wildman–Crippen MR) is 146 cm³/mol. The number of rotatable bonds is 11. The molecule has 0 bridgehead atoms. The number of thiophene rings is 1. The number of ether oxygens (including phenoxy) is 1. The van der Waals surface area contributed by atoms with Gasteiger partial charge in [-0.25, -0.2) is 9.97 Å². The summed E-state index contributed by atoms with van der Waals surface area (Å²) in [5, 5.41) is 12.4. The molecule has 0 aliphatic rings. The standard InChI is InChI=1S/C29H29N3O3S/c1-4-7-23-24(5-2)31-29(32-28(23)30-21-12-8-19(9-13-21)18-27(33)34)26-17-16-25(36-26)20-10-14-22(15-11-20)35-6-3/h4,8-17H,1,5-7,18H2,2-3H3,(H,33,34)(H,30,31,32). The minimum atomic E-state index is -0.849. The molecule has 2 aromatic heterocycles. The number of carboxylic acids is 1. The van der Waals surface area contributed by atoms with E-state index in [0.717, 1.165) is 55.8 Å². The van der Waals surface area contributed by atoms with E-state index in [1.807, 2.05) is 49.4 Å². The summed E-state index contributed by atoms with van der Waals surface area (Å²) in [6.45, 7) is 8.61. The van der Waals surface area contributed by atoms with Gasteiger partial charge in [0.15, 0.2) is 5.82 Å². The first-order valence-corrected chi connectivity index (χ1v) is 12.7. The van der Waals surface area contributed by atoms with Crippen molar-refractivity contribution in [1.29, 1.82) is 0 Å². The van der Waals surface area contributed by atoms with E-state index in [-0.39, 0.29) is 6.42 Å². The Balaban J connectivity index is 1.66. The zero-order chi connectivity index (χ0) is 25.5. The van der Waals surface area contributed by atoms with Crippen molar-refractivity contribution in [2.45, 2.75) is 33.1 Å². The van der Waals surface area contributed by atoms with Crippen LogP contribution in [0.25, 0.3) is 21.1 Å². The number of aryl methyl sites for hydroxylation is 1. The first-order valence-electron chi connectivity index (χ1n) is 11.9. The first-order chi connectivity index (χ1) is 17.5. The Bertz CT molecular complexity index is 1350. The maximum atomic E-state index is 11.0. The number of carboxylic acid groups (broad SMARTS) is 1. The van der Waals surface area contributed by atoms with Crippen molar-refractivity contribution >= 4 is 28.8 Å². The van der Waals surface area contributed by atoms with Gasteiger partial charge in [0.2, 0.25) is 0 Å². The monoisotopic (exact) mass is 499 g/mol. The van der Waals surface area contributed by atoms with Crippen LogP contribution < -0.4 is 10.1 Å². The van der Waals surface area contributed by atoms with Crippen LogP contribution in [0.1, 0.15) is 30.7 Å². The van der Waals surface area contributed by atoms with Crippen LogP contribution in [-0.2, 0) is 24.1 Å². The van der Waals surface area contributed by atoms with Crippen molar-refractivity contribution in [3.63, 3.8) is 0 Å². The van der Waals surface area contributed by atoms with Gasteiger partial charge in [-0.05, 0) is 79.4 Å². The lowest BCUT2D eigenvalue weighted by molar-refractivity contribution is -0.136. The molecule has 0 radical (unpaired) electrons. The number of benzene rings is 2. The van der Waals surface area contributed by atoms with Crippen LogP contribution in [-0.4, -0.2) is 27.7 Å². The number of aliphatic carboxylic acids is 1. The number of carbonyl (C=O) groups is 1. The zero-order valence-electron chi connectivity index (χ0n) is 20.5. The van der Waals surface area contributed by atoms with Gasteiger partial charge in [-0.2, -0.15) is 0 Å². The number of nitrogens with one attached hydrogen (secondary N) is 1. The summed E-state index contributed by atoms with van der Waals surface area (Å²) in [6.07, 6.45) is 3.26. The molecule has 7 heteroatoms. The third kappa shape index (κ3) is 5.98. The summed E-state index contributed by atoms with van der Waals surface area (Å²) < 4.78 is 5.56. The molecule has 4 rings (SSSR count). The second-order valence-corrected chi connectivity index (χ2v) is 9.26. The molecule has 184 valence electrons. The third-order valence-corrected chi connectivity index (χ3v) is 6.75. The number of allylic oxidation sites excluding steroid dienone is 1. The fourth-order valence-electron chi connectivity index (χ4n) is 3.91. The normalized spacial score (nSPS) is 10.7. The second kappa shape index (κ2) is 11.6. The summed E-state index contributed by atoms with van der Waals surface area (Å²) in [5.41, 5.74) is 4.68. The average molecular weight is 500 g/mol. The molecule has 0 spiro atoms. The smallest absolute Gasteiger partial charge is 0.307 e. The summed E-state index contributed by atoms with van der Waals surface area (Å²) in [4.78, 5) is 22.9. The number of anilines is 2. The fraction of sp³-hybridized carbons (Fsp3) is 0.207. The van der Waals surface area contributed by atoms with Crippen LogP contribution in [0, 0.1) is 0 Å². The van der Waals surface area contributed by atoms with E-state index >= 15 is 0 Å². The van der Waals surface area contributed by atoms with E-state index in [1.54, 1.807) is 11.3 Å². The highest BCUT2D eigenvalue weighted by atomic mass is 32.1. The number of hydrogen-bond donors (Lipinski definition) is 2. The summed E-state index contributed by atoms with van der Waals surface area (Å²) in [7, 11) is 0. The van der Waals surface area contributed by atoms with Crippen molar-refractivity contribution in [3.05, 3.63) is 90.1 Å². The predicted octanol–water partition coefficient (Wildman–Crippen LogP) is 6.93. The molecule has 2 N–H and O–H groups in total. The summed E-state index contributed by atoms with van der Waals surface area (Å²) >= 11 is 1.65. The highest BCUT2D eigenvalue weighted by Crippen LogP contribution is 2.35. The van der Waals surface area contributed by atoms with E-state index in [1.165, 1.54) is 0 Å². The van der Waals surface area contributed by atoms with Gasteiger partial charge in [0.25, 0.3) is 0 Å². The molecule has 0 aliphatic carbocycles. The van der Waals surface area contributed by atoms with Crippen molar-refractivity contribution < 1.29 is 14.6 Å². The maximum Gasteiger partial charge on any atom is 0.307 e. The van der Waals surface area contributed by atoms with Gasteiger partial charge in [0.1, 0.15) is 11.6 Å². The lowest BCUT2D eigenvalue weighted by Gasteiger charge is -2.15. The van der Waals surface area contributed by atoms with Crippen molar-refractivity contribution in [1.82, 2.24) is 9.97 Å². The molecule has 0 saturated heterocycles. The van der Waals surface area contributed by atoms with Crippen molar-refractivity contribution in [2.24, 2.45) is 0 Å². The summed E-state index contributed by atoms with van der Waals surface area (Å²) in [5.74, 6) is 1.42. The van der Waals surface area contributed by atoms with Gasteiger partial charge >= 0.3 is 5.97 Å². The van der Waals surface area contributed by atoms with Crippen LogP contribution in [0.15, 0.2) is 73.3 Å². The van der Waals surface area contributed by atoms with Crippen molar-refractivity contribution in [2.75, 3.05) is 11.9 Å². The van der Waals surface area contributed by atoms with E-state index < -0.39 is 5.97 Å². The molecular formula is C29H29N3O3S. The first kappa shape index (κ1) is 25.1. The molecule has 2 aromatic carbocycles. The molecule has 36 heavy (non-hydrogen) atoms. The molecule has 0 unspecified atom stereocenters. The van der Waals surface area contributed by atoms with Gasteiger partial charge in [-0.3, -0.25) is 4.79 Å². The SMILES string of the molecule is C=CCc1c(CC)nc(-c2ccc(-c3ccc(OCC)cc3)s2)nc1Nc1ccc(CC(=O)O)cc1. The summed E-state index contributed by atoms with van der Waals surface area (Å²) in [6, 6.07) is 19.6. The second-order valence-electron chi connectivity index (χ2n) is 8.18. The van der Waals surface area contributed by atoms with Gasteiger partial charge < -0.3 is 15.2 Å². The van der Waals surface area contributed by atoms with E-state index in [9.17, 15) is 4.79 Å². The third-order valence-electron chi connectivity index (χ3n) is 5.62. The molecule has 2 heterocycles. The van der Waals surface area contributed by atoms with Crippen LogP contribution in [0.3, 0.4) is 0 Å². The van der Waals surface area contributed by atoms with Gasteiger partial charge in [0, 0.05) is 21.8 Å². The fourth-order valence-corrected chi connectivity index (χ4v) is 4.85. The van der Waals surface area contributed by atoms with Gasteiger partial charge in [-0.1, -0.05) is 25.1 Å².